The van der Waals surface area contributed by atoms with Crippen molar-refractivity contribution in [2.45, 2.75) is 0 Å². The summed E-state index contributed by atoms with van der Waals surface area (Å²) >= 11 is 0. The van der Waals surface area contributed by atoms with Crippen LogP contribution in [0, 0.1) is 0 Å². The highest BCUT2D eigenvalue weighted by Gasteiger charge is 2.41. The van der Waals surface area contributed by atoms with E-state index in [2.05, 4.69) is 0 Å². The number of hydrogen-bond donors (Lipinski definition) is 0. The van der Waals surface area contributed by atoms with Gasteiger partial charge in [-0.15, -0.1) is 0 Å². The summed E-state index contributed by atoms with van der Waals surface area (Å²) in [6.45, 7) is 0. The van der Waals surface area contributed by atoms with Crippen LogP contribution in [0.3, 0.4) is 0 Å². The fraction of sp³-hybridized carbons (Fsp3) is 0. The van der Waals surface area contributed by atoms with Gasteiger partial charge >= 0.3 is 0 Å². The molecule has 0 aliphatic heterocycles. The van der Waals surface area contributed by atoms with Gasteiger partial charge in [0.25, 0.3) is 0 Å². The maximum Gasteiger partial charge on any atom is 0.240 e. The molecule has 0 aliphatic carbocycles. The lowest BCUT2D eigenvalue weighted by Gasteiger charge is -2.34. The predicted molar refractivity (Wildman–Crippen MR) is 238 cm³/mol. The van der Waals surface area contributed by atoms with Crippen LogP contribution < -0.4 is 20.7 Å². The Morgan fingerprint density at radius 2 is 0.772 bits per heavy atom. The molecule has 3 aromatic heterocycles. The molecule has 8 aromatic carbocycles. The molecule has 3 heterocycles. The third kappa shape index (κ3) is 5.19. The maximum absolute atomic E-state index is 10.5. The molecule has 57 heavy (non-hydrogen) atoms. The van der Waals surface area contributed by atoms with Gasteiger partial charge in [-0.05, 0) is 45.0 Å². The van der Waals surface area contributed by atoms with Gasteiger partial charge < -0.3 is 0 Å². The molecule has 0 unspecified atom stereocenters. The second-order valence-electron chi connectivity index (χ2n) is 13.4. The average Bonchev–Trinajstić information content (AvgIpc) is 3.91. The van der Waals surface area contributed by atoms with Gasteiger partial charge in [-0.3, -0.25) is 9.13 Å². The minimum atomic E-state index is -5.29. The maximum atomic E-state index is 10.5. The van der Waals surface area contributed by atoms with Crippen molar-refractivity contribution in [3.8, 4) is 23.3 Å². The van der Waals surface area contributed by atoms with Gasteiger partial charge in [0, 0.05) is 27.1 Å². The zero-order chi connectivity index (χ0) is 49.9. The molecule has 0 fully saturated rings. The van der Waals surface area contributed by atoms with Gasteiger partial charge in [0.15, 0.2) is 13.9 Å². The van der Waals surface area contributed by atoms with Crippen LogP contribution in [0.2, 0.25) is 0 Å². The largest absolute Gasteiger partial charge is 0.278 e. The number of aromatic nitrogens is 5. The molecule has 0 saturated heterocycles. The highest BCUT2D eigenvalue weighted by atomic mass is 28.3. The van der Waals surface area contributed by atoms with Gasteiger partial charge in [-0.1, -0.05) is 188 Å². The Balaban J connectivity index is 1.36. The molecule has 0 atom stereocenters. The van der Waals surface area contributed by atoms with Gasteiger partial charge in [0.05, 0.1) is 41.3 Å². The van der Waals surface area contributed by atoms with Crippen molar-refractivity contribution >= 4 is 72.4 Å². The molecule has 0 spiro atoms. The monoisotopic (exact) mass is 759 g/mol. The second kappa shape index (κ2) is 13.4. The fourth-order valence-corrected chi connectivity index (χ4v) is 11.8. The fourth-order valence-electron chi connectivity index (χ4n) is 7.96. The summed E-state index contributed by atoms with van der Waals surface area (Å²) in [5.74, 6) is -0.209. The van der Waals surface area contributed by atoms with Crippen LogP contribution in [0.4, 0.5) is 0 Å². The first-order valence-corrected chi connectivity index (χ1v) is 20.2. The van der Waals surface area contributed by atoms with Gasteiger partial charge in [-0.2, -0.15) is 15.0 Å². The Kier molecular flexibility index (Phi) is 5.09. The molecule has 0 N–H and O–H groups in total. The first-order valence-electron chi connectivity index (χ1n) is 25.2. The Bertz CT molecular complexity index is 3720. The van der Waals surface area contributed by atoms with Crippen molar-refractivity contribution in [2.75, 3.05) is 0 Å². The molecule has 0 bridgehead atoms. The third-order valence-electron chi connectivity index (χ3n) is 10.4. The quantitative estimate of drug-likeness (QED) is 0.120. The lowest BCUT2D eigenvalue weighted by atomic mass is 10.2. The van der Waals surface area contributed by atoms with E-state index in [0.29, 0.717) is 22.1 Å². The van der Waals surface area contributed by atoms with Gasteiger partial charge in [0.2, 0.25) is 11.9 Å². The molecule has 268 valence electrons. The smallest absolute Gasteiger partial charge is 0.240 e. The molecule has 0 aliphatic rings. The second-order valence-corrected chi connectivity index (χ2v) is 16.9. The molecule has 0 saturated carbocycles. The first kappa shape index (κ1) is 21.6. The van der Waals surface area contributed by atoms with Crippen molar-refractivity contribution in [3.63, 3.8) is 0 Å². The number of fused-ring (bicyclic) bond motifs is 6. The van der Waals surface area contributed by atoms with E-state index in [1.807, 2.05) is 106 Å². The van der Waals surface area contributed by atoms with E-state index in [9.17, 15) is 11.0 Å². The standard InChI is InChI=1S/C51H35N5Si/c1-4-20-37(21-5-1)57(38-22-6-2-7-23-38,39-24-8-3-9-25-39)40-26-18-19-36(35-40)49-52-50(55-45-31-14-10-27-41(45)42-28-11-15-32-46(42)55)54-51(53-49)56-47-33-16-12-29-43(47)44-30-13-17-34-48(44)56/h1-35H/i1D,2D,4D,5D,6D,7D,18D,19D,20D,21D,22D,23D,26D,35D. The normalized spacial score (nSPS) is 15.3. The molecule has 11 rings (SSSR count). The minimum absolute atomic E-state index is 0.0499. The zero-order valence-corrected chi connectivity index (χ0v) is 30.9. The summed E-state index contributed by atoms with van der Waals surface area (Å²) in [5.41, 5.74) is 2.41. The topological polar surface area (TPSA) is 48.5 Å². The number of nitrogens with zero attached hydrogens (tertiary/aromatic N) is 5. The molecule has 6 heteroatoms. The first-order chi connectivity index (χ1) is 34.1. The summed E-state index contributed by atoms with van der Waals surface area (Å²) < 4.78 is 134. The summed E-state index contributed by atoms with van der Waals surface area (Å²) in [6.07, 6.45) is 0. The van der Waals surface area contributed by atoms with E-state index in [1.54, 1.807) is 18.2 Å². The Labute approximate surface area is 350 Å². The lowest BCUT2D eigenvalue weighted by Crippen LogP contribution is -2.74. The van der Waals surface area contributed by atoms with Crippen LogP contribution in [0.5, 0.6) is 0 Å². The summed E-state index contributed by atoms with van der Waals surface area (Å²) in [5, 5.41) is 2.01. The highest BCUT2D eigenvalue weighted by Crippen LogP contribution is 2.34. The Morgan fingerprint density at radius 3 is 1.23 bits per heavy atom. The predicted octanol–water partition coefficient (Wildman–Crippen LogP) is 9.11. The average molecular weight is 760 g/mol. The van der Waals surface area contributed by atoms with E-state index in [0.717, 1.165) is 21.5 Å². The summed E-state index contributed by atoms with van der Waals surface area (Å²) in [6, 6.07) is 27.3. The van der Waals surface area contributed by atoms with E-state index in [1.165, 1.54) is 12.1 Å². The summed E-state index contributed by atoms with van der Waals surface area (Å²) in [7, 11) is -5.29. The van der Waals surface area contributed by atoms with Gasteiger partial charge in [-0.25, -0.2) is 0 Å². The molecule has 0 amide bonds. The number of benzene rings is 8. The van der Waals surface area contributed by atoms with Crippen molar-refractivity contribution in [1.29, 1.82) is 0 Å². The molecule has 0 radical (unpaired) electrons. The van der Waals surface area contributed by atoms with E-state index in [-0.39, 0.29) is 22.9 Å². The SMILES string of the molecule is [2H]c1c([2H])c([2H])c([Si](c2ccccc2)(c2c([2H])c([2H])c([2H])c([2H])c2[2H])c2c([2H])c([2H])c([2H])c(-c3nc(-n4c5ccccc5c5ccccc54)nc(-n4c5ccccc5c5ccccc54)n3)c2[2H])c([2H])c1[2H]. The molecular formula is C51H35N5Si. The van der Waals surface area contributed by atoms with Crippen molar-refractivity contribution in [2.24, 2.45) is 0 Å². The van der Waals surface area contributed by atoms with Crippen LogP contribution in [0.25, 0.3) is 66.9 Å². The lowest BCUT2D eigenvalue weighted by molar-refractivity contribution is 0.893. The van der Waals surface area contributed by atoms with E-state index < -0.39 is 114 Å². The Morgan fingerprint density at radius 1 is 0.368 bits per heavy atom. The van der Waals surface area contributed by atoms with Crippen LogP contribution in [0.1, 0.15) is 19.2 Å². The van der Waals surface area contributed by atoms with E-state index >= 15 is 0 Å². The highest BCUT2D eigenvalue weighted by molar-refractivity contribution is 7.19. The van der Waals surface area contributed by atoms with E-state index in [4.69, 9.17) is 23.2 Å². The molecular weight excluding hydrogens is 711 g/mol. The number of rotatable bonds is 7. The zero-order valence-electron chi connectivity index (χ0n) is 43.9. The molecule has 5 nitrogen and oxygen atoms in total. The van der Waals surface area contributed by atoms with Crippen molar-refractivity contribution in [3.05, 3.63) is 212 Å². The van der Waals surface area contributed by atoms with Crippen LogP contribution in [0.15, 0.2) is 212 Å². The van der Waals surface area contributed by atoms with Crippen molar-refractivity contribution in [1.82, 2.24) is 24.1 Å². The van der Waals surface area contributed by atoms with Crippen LogP contribution in [-0.2, 0) is 0 Å². The summed E-state index contributed by atoms with van der Waals surface area (Å²) in [4.78, 5) is 15.2. The van der Waals surface area contributed by atoms with Crippen LogP contribution >= 0.6 is 0 Å². The third-order valence-corrected chi connectivity index (χ3v) is 14.6. The number of para-hydroxylation sites is 4. The minimum Gasteiger partial charge on any atom is -0.278 e. The van der Waals surface area contributed by atoms with Gasteiger partial charge in [0.1, 0.15) is 0 Å². The number of hydrogen-bond acceptors (Lipinski definition) is 3. The van der Waals surface area contributed by atoms with Crippen molar-refractivity contribution < 1.29 is 19.2 Å². The molecule has 11 aromatic rings. The van der Waals surface area contributed by atoms with Crippen LogP contribution in [-0.4, -0.2) is 32.2 Å². The Hall–Kier alpha value is -7.41.